The molecule has 2 aliphatic rings. The number of allylic oxidation sites excluding steroid dienone is 3. The van der Waals surface area contributed by atoms with Crippen molar-refractivity contribution in [1.29, 1.82) is 0 Å². The van der Waals surface area contributed by atoms with E-state index >= 15 is 0 Å². The first-order valence-corrected chi connectivity index (χ1v) is 12.3. The standard InChI is InChI=1S/C29H31F3N2O5/c1-15-23(27(36)34-18-9-7-8-17(12-18)29(30,31)32)24(25-19(33-15)13-28(2,3)14-20(25)35)16-10-21(37-4)26(39-6)22(11-16)38-5/h7-12,24,33H,13-14H2,1-6H3,(H,34,36)/t24-/m0/s1. The lowest BCUT2D eigenvalue weighted by atomic mass is 9.68. The largest absolute Gasteiger partial charge is 0.493 e. The minimum absolute atomic E-state index is 0.0188. The lowest BCUT2D eigenvalue weighted by Gasteiger charge is -2.39. The van der Waals surface area contributed by atoms with Gasteiger partial charge in [0, 0.05) is 40.6 Å². The molecule has 0 aromatic heterocycles. The molecule has 0 saturated heterocycles. The van der Waals surface area contributed by atoms with Crippen LogP contribution < -0.4 is 24.8 Å². The summed E-state index contributed by atoms with van der Waals surface area (Å²) in [5.74, 6) is -0.563. The maximum Gasteiger partial charge on any atom is 0.416 e. The molecule has 1 aliphatic carbocycles. The van der Waals surface area contributed by atoms with Crippen LogP contribution >= 0.6 is 0 Å². The summed E-state index contributed by atoms with van der Waals surface area (Å²) in [4.78, 5) is 27.3. The summed E-state index contributed by atoms with van der Waals surface area (Å²) in [5, 5.41) is 5.85. The number of anilines is 1. The van der Waals surface area contributed by atoms with Crippen molar-refractivity contribution in [1.82, 2.24) is 5.32 Å². The van der Waals surface area contributed by atoms with Gasteiger partial charge < -0.3 is 24.8 Å². The number of methoxy groups -OCH3 is 3. The predicted molar refractivity (Wildman–Crippen MR) is 140 cm³/mol. The lowest BCUT2D eigenvalue weighted by molar-refractivity contribution is -0.137. The highest BCUT2D eigenvalue weighted by Gasteiger charge is 2.43. The van der Waals surface area contributed by atoms with E-state index < -0.39 is 23.6 Å². The molecule has 2 N–H and O–H groups in total. The number of alkyl halides is 3. The fourth-order valence-electron chi connectivity index (χ4n) is 5.31. The molecular weight excluding hydrogens is 513 g/mol. The van der Waals surface area contributed by atoms with Crippen LogP contribution in [-0.2, 0) is 15.8 Å². The molecule has 4 rings (SSSR count). The van der Waals surface area contributed by atoms with Gasteiger partial charge in [-0.15, -0.1) is 0 Å². The highest BCUT2D eigenvalue weighted by atomic mass is 19.4. The Labute approximate surface area is 225 Å². The first-order chi connectivity index (χ1) is 18.3. The fourth-order valence-corrected chi connectivity index (χ4v) is 5.31. The molecule has 0 fully saturated rings. The van der Waals surface area contributed by atoms with Crippen LogP contribution in [-0.4, -0.2) is 33.0 Å². The third kappa shape index (κ3) is 5.46. The van der Waals surface area contributed by atoms with Gasteiger partial charge in [0.05, 0.1) is 26.9 Å². The van der Waals surface area contributed by atoms with Gasteiger partial charge in [0.2, 0.25) is 5.75 Å². The average Bonchev–Trinajstić information content (AvgIpc) is 2.85. The van der Waals surface area contributed by atoms with E-state index in [1.165, 1.54) is 33.5 Å². The second kappa shape index (κ2) is 10.3. The zero-order chi connectivity index (χ0) is 28.7. The van der Waals surface area contributed by atoms with E-state index in [0.29, 0.717) is 46.2 Å². The van der Waals surface area contributed by atoms with Crippen LogP contribution in [0.15, 0.2) is 58.9 Å². The van der Waals surface area contributed by atoms with Crippen molar-refractivity contribution in [2.24, 2.45) is 5.41 Å². The van der Waals surface area contributed by atoms with E-state index in [2.05, 4.69) is 10.6 Å². The smallest absolute Gasteiger partial charge is 0.416 e. The van der Waals surface area contributed by atoms with Crippen molar-refractivity contribution in [3.05, 3.63) is 70.1 Å². The summed E-state index contributed by atoms with van der Waals surface area (Å²) in [7, 11) is 4.39. The number of ether oxygens (including phenoxy) is 3. The third-order valence-corrected chi connectivity index (χ3v) is 6.95. The molecule has 0 bridgehead atoms. The summed E-state index contributed by atoms with van der Waals surface area (Å²) >= 11 is 0. The monoisotopic (exact) mass is 544 g/mol. The van der Waals surface area contributed by atoms with E-state index in [4.69, 9.17) is 14.2 Å². The van der Waals surface area contributed by atoms with Gasteiger partial charge in [0.25, 0.3) is 5.91 Å². The Kier molecular flexibility index (Phi) is 7.42. The molecule has 1 atom stereocenters. The quantitative estimate of drug-likeness (QED) is 0.466. The van der Waals surface area contributed by atoms with E-state index in [0.717, 1.165) is 12.1 Å². The van der Waals surface area contributed by atoms with Crippen LogP contribution in [0.4, 0.5) is 18.9 Å². The first-order valence-electron chi connectivity index (χ1n) is 12.3. The van der Waals surface area contributed by atoms with Gasteiger partial charge in [-0.2, -0.15) is 13.2 Å². The lowest BCUT2D eigenvalue weighted by Crippen LogP contribution is -2.39. The molecule has 2 aromatic carbocycles. The SMILES string of the molecule is COc1cc([C@H]2C(C(=O)Nc3cccc(C(F)(F)F)c3)=C(C)NC3=C2C(=O)CC(C)(C)C3)cc(OC)c1OC. The number of halogens is 3. The van der Waals surface area contributed by atoms with E-state index in [1.807, 2.05) is 13.8 Å². The Morgan fingerprint density at radius 2 is 1.67 bits per heavy atom. The Hall–Kier alpha value is -3.95. The molecule has 208 valence electrons. The van der Waals surface area contributed by atoms with Crippen molar-refractivity contribution >= 4 is 17.4 Å². The molecule has 0 unspecified atom stereocenters. The van der Waals surface area contributed by atoms with Crippen LogP contribution in [0.1, 0.15) is 50.7 Å². The summed E-state index contributed by atoms with van der Waals surface area (Å²) in [6.07, 6.45) is -3.72. The Balaban J connectivity index is 1.87. The van der Waals surface area contributed by atoms with Gasteiger partial charge in [-0.25, -0.2) is 0 Å². The van der Waals surface area contributed by atoms with E-state index in [-0.39, 0.29) is 28.9 Å². The summed E-state index contributed by atoms with van der Waals surface area (Å²) in [5.41, 5.74) is 1.18. The first kappa shape index (κ1) is 28.1. The van der Waals surface area contributed by atoms with Crippen LogP contribution in [0.25, 0.3) is 0 Å². The third-order valence-electron chi connectivity index (χ3n) is 6.95. The summed E-state index contributed by atoms with van der Waals surface area (Å²) in [6.45, 7) is 5.71. The van der Waals surface area contributed by atoms with Crippen molar-refractivity contribution in [3.63, 3.8) is 0 Å². The Morgan fingerprint density at radius 3 is 2.23 bits per heavy atom. The zero-order valence-electron chi connectivity index (χ0n) is 22.6. The number of ketones is 1. The highest BCUT2D eigenvalue weighted by molar-refractivity contribution is 6.10. The van der Waals surface area contributed by atoms with Gasteiger partial charge in [-0.05, 0) is 54.7 Å². The van der Waals surface area contributed by atoms with Gasteiger partial charge in [-0.1, -0.05) is 19.9 Å². The molecule has 0 saturated carbocycles. The van der Waals surface area contributed by atoms with Crippen LogP contribution in [0.5, 0.6) is 17.2 Å². The number of carbonyl (C=O) groups is 2. The molecule has 0 spiro atoms. The number of amides is 1. The number of Topliss-reactive ketones (excluding diaryl/α,β-unsaturated/α-hetero) is 1. The molecular formula is C29H31F3N2O5. The molecule has 39 heavy (non-hydrogen) atoms. The molecule has 7 nitrogen and oxygen atoms in total. The zero-order valence-corrected chi connectivity index (χ0v) is 22.6. The number of hydrogen-bond acceptors (Lipinski definition) is 6. The Bertz CT molecular complexity index is 1370. The molecule has 1 amide bonds. The molecule has 1 heterocycles. The minimum atomic E-state index is -4.57. The second-order valence-electron chi connectivity index (χ2n) is 10.4. The van der Waals surface area contributed by atoms with Crippen molar-refractivity contribution in [2.75, 3.05) is 26.6 Å². The minimum Gasteiger partial charge on any atom is -0.493 e. The number of nitrogens with one attached hydrogen (secondary N) is 2. The maximum atomic E-state index is 13.8. The van der Waals surface area contributed by atoms with Crippen LogP contribution in [0, 0.1) is 5.41 Å². The Morgan fingerprint density at radius 1 is 1.03 bits per heavy atom. The normalized spacial score (nSPS) is 18.8. The number of rotatable bonds is 6. The predicted octanol–water partition coefficient (Wildman–Crippen LogP) is 5.97. The molecule has 1 aliphatic heterocycles. The summed E-state index contributed by atoms with van der Waals surface area (Å²) in [6, 6.07) is 7.77. The van der Waals surface area contributed by atoms with Crippen molar-refractivity contribution in [3.8, 4) is 17.2 Å². The van der Waals surface area contributed by atoms with Gasteiger partial charge in [0.1, 0.15) is 0 Å². The highest BCUT2D eigenvalue weighted by Crippen LogP contribution is 2.49. The number of benzene rings is 2. The van der Waals surface area contributed by atoms with Gasteiger partial charge in [0.15, 0.2) is 17.3 Å². The topological polar surface area (TPSA) is 85.9 Å². The fraction of sp³-hybridized carbons (Fsp3) is 0.379. The number of hydrogen-bond donors (Lipinski definition) is 2. The van der Waals surface area contributed by atoms with Gasteiger partial charge >= 0.3 is 6.18 Å². The molecule has 0 radical (unpaired) electrons. The number of carbonyl (C=O) groups excluding carboxylic acids is 2. The van der Waals surface area contributed by atoms with Crippen molar-refractivity contribution < 1.29 is 37.0 Å². The van der Waals surface area contributed by atoms with Crippen molar-refractivity contribution in [2.45, 2.75) is 45.7 Å². The van der Waals surface area contributed by atoms with E-state index in [1.54, 1.807) is 19.1 Å². The van der Waals surface area contributed by atoms with Gasteiger partial charge in [-0.3, -0.25) is 9.59 Å². The maximum absolute atomic E-state index is 13.8. The van der Waals surface area contributed by atoms with Crippen LogP contribution in [0.2, 0.25) is 0 Å². The number of dihydropyridines is 1. The molecule has 2 aromatic rings. The summed E-state index contributed by atoms with van der Waals surface area (Å²) < 4.78 is 56.4. The van der Waals surface area contributed by atoms with Crippen LogP contribution in [0.3, 0.4) is 0 Å². The molecule has 10 heteroatoms. The average molecular weight is 545 g/mol. The van der Waals surface area contributed by atoms with E-state index in [9.17, 15) is 22.8 Å². The second-order valence-corrected chi connectivity index (χ2v) is 10.4.